The Morgan fingerprint density at radius 2 is 2.23 bits per heavy atom. The van der Waals surface area contributed by atoms with Gasteiger partial charge in [0.15, 0.2) is 0 Å². The van der Waals surface area contributed by atoms with Crippen LogP contribution in [0.2, 0.25) is 0 Å². The average Bonchev–Trinajstić information content (AvgIpc) is 2.66. The van der Waals surface area contributed by atoms with Crippen molar-refractivity contribution in [3.05, 3.63) is 22.4 Å². The zero-order chi connectivity index (χ0) is 9.68. The van der Waals surface area contributed by atoms with Crippen molar-refractivity contribution >= 4 is 23.2 Å². The van der Waals surface area contributed by atoms with Crippen LogP contribution in [0.25, 0.3) is 0 Å². The number of nitrogens with one attached hydrogen (secondary N) is 2. The molecule has 1 aromatic heterocycles. The van der Waals surface area contributed by atoms with Crippen LogP contribution in [-0.4, -0.2) is 23.5 Å². The van der Waals surface area contributed by atoms with Crippen LogP contribution < -0.4 is 10.9 Å². The van der Waals surface area contributed by atoms with Crippen molar-refractivity contribution < 1.29 is 14.7 Å². The number of amides is 2. The molecule has 2 amide bonds. The second kappa shape index (κ2) is 4.58. The normalized spacial score (nSPS) is 9.31. The van der Waals surface area contributed by atoms with Gasteiger partial charge in [-0.25, -0.2) is 0 Å². The van der Waals surface area contributed by atoms with E-state index in [0.717, 1.165) is 0 Å². The summed E-state index contributed by atoms with van der Waals surface area (Å²) < 4.78 is 0. The molecule has 0 atom stereocenters. The first-order valence-electron chi connectivity index (χ1n) is 3.47. The Kier molecular flexibility index (Phi) is 3.41. The van der Waals surface area contributed by atoms with Crippen LogP contribution >= 0.6 is 11.3 Å². The van der Waals surface area contributed by atoms with Crippen LogP contribution in [0.1, 0.15) is 9.67 Å². The second-order valence-corrected chi connectivity index (χ2v) is 3.09. The third-order valence-electron chi connectivity index (χ3n) is 1.20. The molecule has 1 heterocycles. The summed E-state index contributed by atoms with van der Waals surface area (Å²) in [6.45, 7) is -0.648. The van der Waals surface area contributed by atoms with Gasteiger partial charge in [-0.1, -0.05) is 6.07 Å². The Hall–Kier alpha value is -1.40. The molecule has 0 bridgehead atoms. The molecule has 0 aliphatic carbocycles. The molecule has 13 heavy (non-hydrogen) atoms. The van der Waals surface area contributed by atoms with Crippen molar-refractivity contribution in [1.29, 1.82) is 0 Å². The minimum Gasteiger partial charge on any atom is -0.386 e. The molecule has 0 aliphatic rings. The summed E-state index contributed by atoms with van der Waals surface area (Å²) in [7, 11) is 0. The summed E-state index contributed by atoms with van der Waals surface area (Å²) in [4.78, 5) is 22.1. The average molecular weight is 200 g/mol. The molecule has 0 aliphatic heterocycles. The van der Waals surface area contributed by atoms with Gasteiger partial charge in [-0.15, -0.1) is 11.3 Å². The summed E-state index contributed by atoms with van der Waals surface area (Å²) in [6.07, 6.45) is 0. The number of rotatable bonds is 2. The first kappa shape index (κ1) is 9.69. The van der Waals surface area contributed by atoms with Crippen LogP contribution in [0.5, 0.6) is 0 Å². The quantitative estimate of drug-likeness (QED) is 0.563. The summed E-state index contributed by atoms with van der Waals surface area (Å²) in [5.74, 6) is -1.04. The van der Waals surface area contributed by atoms with Crippen LogP contribution in [0.15, 0.2) is 17.5 Å². The van der Waals surface area contributed by atoms with Crippen molar-refractivity contribution in [2.24, 2.45) is 0 Å². The van der Waals surface area contributed by atoms with Crippen molar-refractivity contribution in [2.75, 3.05) is 6.61 Å². The van der Waals surface area contributed by atoms with E-state index in [1.54, 1.807) is 17.5 Å². The molecule has 3 N–H and O–H groups in total. The van der Waals surface area contributed by atoms with Gasteiger partial charge in [0.1, 0.15) is 6.61 Å². The fourth-order valence-electron chi connectivity index (χ4n) is 0.635. The fraction of sp³-hybridized carbons (Fsp3) is 0.143. The Morgan fingerprint density at radius 1 is 1.46 bits per heavy atom. The molecular weight excluding hydrogens is 192 g/mol. The molecular formula is C7H8N2O3S. The number of aliphatic hydroxyl groups is 1. The van der Waals surface area contributed by atoms with E-state index in [1.165, 1.54) is 11.3 Å². The number of aliphatic hydroxyl groups excluding tert-OH is 1. The summed E-state index contributed by atoms with van der Waals surface area (Å²) in [5, 5.41) is 10.1. The minimum atomic E-state index is -0.648. The zero-order valence-electron chi connectivity index (χ0n) is 6.61. The molecule has 5 nitrogen and oxygen atoms in total. The van der Waals surface area contributed by atoms with Gasteiger partial charge in [-0.3, -0.25) is 20.4 Å². The van der Waals surface area contributed by atoms with Gasteiger partial charge in [0, 0.05) is 0 Å². The second-order valence-electron chi connectivity index (χ2n) is 2.14. The van der Waals surface area contributed by atoms with E-state index in [-0.39, 0.29) is 0 Å². The van der Waals surface area contributed by atoms with E-state index in [2.05, 4.69) is 5.43 Å². The Balaban J connectivity index is 2.39. The van der Waals surface area contributed by atoms with Gasteiger partial charge in [0.05, 0.1) is 4.88 Å². The predicted molar refractivity (Wildman–Crippen MR) is 47.0 cm³/mol. The van der Waals surface area contributed by atoms with Crippen molar-refractivity contribution in [3.63, 3.8) is 0 Å². The number of carbonyl (C=O) groups is 2. The third kappa shape index (κ3) is 2.85. The van der Waals surface area contributed by atoms with Crippen LogP contribution in [0, 0.1) is 0 Å². The third-order valence-corrected chi connectivity index (χ3v) is 2.07. The number of hydrazine groups is 1. The lowest BCUT2D eigenvalue weighted by Crippen LogP contribution is -2.42. The highest BCUT2D eigenvalue weighted by molar-refractivity contribution is 7.12. The predicted octanol–water partition coefficient (Wildman–Crippen LogP) is -0.499. The van der Waals surface area contributed by atoms with Gasteiger partial charge in [0.25, 0.3) is 11.8 Å². The topological polar surface area (TPSA) is 78.4 Å². The fourth-order valence-corrected chi connectivity index (χ4v) is 1.25. The molecule has 0 fully saturated rings. The first-order valence-corrected chi connectivity index (χ1v) is 4.35. The van der Waals surface area contributed by atoms with Crippen LogP contribution in [0.3, 0.4) is 0 Å². The molecule has 0 aromatic carbocycles. The summed E-state index contributed by atoms with van der Waals surface area (Å²) in [5.41, 5.74) is 4.19. The highest BCUT2D eigenvalue weighted by Gasteiger charge is 2.06. The van der Waals surface area contributed by atoms with E-state index in [0.29, 0.717) is 4.88 Å². The summed E-state index contributed by atoms with van der Waals surface area (Å²) >= 11 is 1.26. The highest BCUT2D eigenvalue weighted by Crippen LogP contribution is 2.06. The SMILES string of the molecule is O=C(CO)NNC(=O)c1cccs1. The molecule has 0 spiro atoms. The molecule has 1 aromatic rings. The van der Waals surface area contributed by atoms with Crippen molar-refractivity contribution in [2.45, 2.75) is 0 Å². The molecule has 0 radical (unpaired) electrons. The van der Waals surface area contributed by atoms with E-state index in [1.807, 2.05) is 5.43 Å². The first-order chi connectivity index (χ1) is 6.24. The zero-order valence-corrected chi connectivity index (χ0v) is 7.43. The monoisotopic (exact) mass is 200 g/mol. The minimum absolute atomic E-state index is 0.392. The van der Waals surface area contributed by atoms with E-state index < -0.39 is 18.4 Å². The van der Waals surface area contributed by atoms with Crippen molar-refractivity contribution in [1.82, 2.24) is 10.9 Å². The van der Waals surface area contributed by atoms with E-state index >= 15 is 0 Å². The summed E-state index contributed by atoms with van der Waals surface area (Å²) in [6, 6.07) is 3.36. The maximum Gasteiger partial charge on any atom is 0.279 e. The molecule has 6 heteroatoms. The van der Waals surface area contributed by atoms with Gasteiger partial charge >= 0.3 is 0 Å². The van der Waals surface area contributed by atoms with Crippen molar-refractivity contribution in [3.8, 4) is 0 Å². The van der Waals surface area contributed by atoms with Gasteiger partial charge in [-0.05, 0) is 11.4 Å². The lowest BCUT2D eigenvalue weighted by atomic mass is 10.4. The lowest BCUT2D eigenvalue weighted by molar-refractivity contribution is -0.124. The number of hydrogen-bond acceptors (Lipinski definition) is 4. The number of thiophene rings is 1. The molecule has 70 valence electrons. The smallest absolute Gasteiger partial charge is 0.279 e. The molecule has 0 saturated heterocycles. The molecule has 0 saturated carbocycles. The van der Waals surface area contributed by atoms with Crippen LogP contribution in [-0.2, 0) is 4.79 Å². The largest absolute Gasteiger partial charge is 0.386 e. The highest BCUT2D eigenvalue weighted by atomic mass is 32.1. The standard InChI is InChI=1S/C7H8N2O3S/c10-4-6(11)8-9-7(12)5-2-1-3-13-5/h1-3,10H,4H2,(H,8,11)(H,9,12). The maximum atomic E-state index is 11.1. The Labute approximate surface area is 78.4 Å². The Bertz CT molecular complexity index is 297. The maximum absolute atomic E-state index is 11.1. The van der Waals surface area contributed by atoms with Gasteiger partial charge in [-0.2, -0.15) is 0 Å². The van der Waals surface area contributed by atoms with Gasteiger partial charge in [0.2, 0.25) is 0 Å². The molecule has 0 unspecified atom stereocenters. The number of carbonyl (C=O) groups excluding carboxylic acids is 2. The van der Waals surface area contributed by atoms with Gasteiger partial charge < -0.3 is 5.11 Å². The van der Waals surface area contributed by atoms with E-state index in [4.69, 9.17) is 5.11 Å². The van der Waals surface area contributed by atoms with E-state index in [9.17, 15) is 9.59 Å². The van der Waals surface area contributed by atoms with Crippen LogP contribution in [0.4, 0.5) is 0 Å². The molecule has 1 rings (SSSR count). The Morgan fingerprint density at radius 3 is 2.77 bits per heavy atom. The number of hydrogen-bond donors (Lipinski definition) is 3. The lowest BCUT2D eigenvalue weighted by Gasteiger charge is -2.03.